The molecule has 100 valence electrons. The first-order valence-corrected chi connectivity index (χ1v) is 7.69. The molecule has 0 spiro atoms. The minimum absolute atomic E-state index is 0.404. The van der Waals surface area contributed by atoms with Crippen molar-refractivity contribution in [3.05, 3.63) is 12.2 Å². The summed E-state index contributed by atoms with van der Waals surface area (Å²) in [5, 5.41) is 9.33. The molecule has 1 rings (SSSR count). The van der Waals surface area contributed by atoms with Crippen molar-refractivity contribution in [3.8, 4) is 0 Å². The Balaban J connectivity index is 2.22. The highest BCUT2D eigenvalue weighted by Gasteiger charge is 2.06. The average molecular weight is 238 g/mol. The molecule has 1 heteroatoms. The standard InChI is InChI=1S/C16H30O/c17-15-16-13-11-9-7-5-3-1-2-4-6-8-10-12-14-16/h1-2,16-17H,3-15H2/b2-1-. The van der Waals surface area contributed by atoms with E-state index in [4.69, 9.17) is 0 Å². The van der Waals surface area contributed by atoms with Crippen LogP contribution in [0.5, 0.6) is 0 Å². The van der Waals surface area contributed by atoms with Crippen molar-refractivity contribution in [1.82, 2.24) is 0 Å². The molecule has 0 aromatic heterocycles. The van der Waals surface area contributed by atoms with Gasteiger partial charge in [0.15, 0.2) is 0 Å². The van der Waals surface area contributed by atoms with Gasteiger partial charge in [0.2, 0.25) is 0 Å². The number of hydrogen-bond acceptors (Lipinski definition) is 1. The first kappa shape index (κ1) is 14.8. The Morgan fingerprint density at radius 1 is 0.706 bits per heavy atom. The van der Waals surface area contributed by atoms with E-state index in [0.29, 0.717) is 12.5 Å². The lowest BCUT2D eigenvalue weighted by Crippen LogP contribution is -2.06. The molecule has 0 radical (unpaired) electrons. The zero-order valence-electron chi connectivity index (χ0n) is 11.4. The van der Waals surface area contributed by atoms with Crippen LogP contribution in [0.25, 0.3) is 0 Å². The maximum absolute atomic E-state index is 9.33. The van der Waals surface area contributed by atoms with Gasteiger partial charge >= 0.3 is 0 Å². The van der Waals surface area contributed by atoms with E-state index in [9.17, 15) is 5.11 Å². The molecule has 0 saturated heterocycles. The lowest BCUT2D eigenvalue weighted by molar-refractivity contribution is 0.204. The predicted molar refractivity (Wildman–Crippen MR) is 75.1 cm³/mol. The summed E-state index contributed by atoms with van der Waals surface area (Å²) in [6.07, 6.45) is 20.5. The molecule has 0 amide bonds. The van der Waals surface area contributed by atoms with Gasteiger partial charge in [-0.2, -0.15) is 0 Å². The fraction of sp³-hybridized carbons (Fsp3) is 0.875. The van der Waals surface area contributed by atoms with Gasteiger partial charge in [0.25, 0.3) is 0 Å². The second kappa shape index (κ2) is 10.8. The molecule has 1 aliphatic carbocycles. The average Bonchev–Trinajstić information content (AvgIpc) is 2.36. The molecular formula is C16H30O. The van der Waals surface area contributed by atoms with Crippen LogP contribution in [0.2, 0.25) is 0 Å². The highest BCUT2D eigenvalue weighted by Crippen LogP contribution is 2.19. The van der Waals surface area contributed by atoms with Crippen LogP contribution < -0.4 is 0 Å². The van der Waals surface area contributed by atoms with Crippen LogP contribution >= 0.6 is 0 Å². The van der Waals surface area contributed by atoms with Crippen molar-refractivity contribution in [3.63, 3.8) is 0 Å². The van der Waals surface area contributed by atoms with Gasteiger partial charge in [-0.05, 0) is 44.4 Å². The van der Waals surface area contributed by atoms with Crippen LogP contribution in [0.1, 0.15) is 77.0 Å². The molecule has 0 aromatic rings. The normalized spacial score (nSPS) is 24.8. The van der Waals surface area contributed by atoms with Crippen LogP contribution in [0, 0.1) is 5.92 Å². The summed E-state index contributed by atoms with van der Waals surface area (Å²) < 4.78 is 0. The van der Waals surface area contributed by atoms with Crippen molar-refractivity contribution in [2.24, 2.45) is 5.92 Å². The Morgan fingerprint density at radius 2 is 1.18 bits per heavy atom. The summed E-state index contributed by atoms with van der Waals surface area (Å²) in [6, 6.07) is 0. The van der Waals surface area contributed by atoms with E-state index >= 15 is 0 Å². The second-order valence-corrected chi connectivity index (χ2v) is 5.50. The number of allylic oxidation sites excluding steroid dienone is 2. The van der Waals surface area contributed by atoms with Crippen molar-refractivity contribution in [2.75, 3.05) is 6.61 Å². The van der Waals surface area contributed by atoms with E-state index in [-0.39, 0.29) is 0 Å². The lowest BCUT2D eigenvalue weighted by Gasteiger charge is -2.13. The third kappa shape index (κ3) is 8.43. The maximum Gasteiger partial charge on any atom is 0.0459 e. The van der Waals surface area contributed by atoms with Gasteiger partial charge in [-0.3, -0.25) is 0 Å². The third-order valence-electron chi connectivity index (χ3n) is 3.89. The van der Waals surface area contributed by atoms with Gasteiger partial charge < -0.3 is 5.11 Å². The monoisotopic (exact) mass is 238 g/mol. The zero-order valence-corrected chi connectivity index (χ0v) is 11.4. The number of aliphatic hydroxyl groups excluding tert-OH is 1. The minimum atomic E-state index is 0.404. The zero-order chi connectivity index (χ0) is 12.2. The highest BCUT2D eigenvalue weighted by atomic mass is 16.3. The van der Waals surface area contributed by atoms with E-state index in [1.54, 1.807) is 0 Å². The fourth-order valence-electron chi connectivity index (χ4n) is 2.66. The summed E-state index contributed by atoms with van der Waals surface area (Å²) in [5.41, 5.74) is 0. The molecule has 0 fully saturated rings. The molecule has 17 heavy (non-hydrogen) atoms. The van der Waals surface area contributed by atoms with Crippen molar-refractivity contribution >= 4 is 0 Å². The first-order valence-electron chi connectivity index (χ1n) is 7.69. The Bertz CT molecular complexity index is 168. The largest absolute Gasteiger partial charge is 0.396 e. The van der Waals surface area contributed by atoms with Gasteiger partial charge in [-0.1, -0.05) is 50.7 Å². The van der Waals surface area contributed by atoms with Crippen molar-refractivity contribution < 1.29 is 5.11 Å². The Kier molecular flexibility index (Phi) is 9.40. The third-order valence-corrected chi connectivity index (χ3v) is 3.89. The number of rotatable bonds is 1. The number of aliphatic hydroxyl groups is 1. The molecular weight excluding hydrogens is 208 g/mol. The van der Waals surface area contributed by atoms with E-state index in [1.807, 2.05) is 0 Å². The summed E-state index contributed by atoms with van der Waals surface area (Å²) in [6.45, 7) is 0.404. The topological polar surface area (TPSA) is 20.2 Å². The molecule has 1 aliphatic rings. The summed E-state index contributed by atoms with van der Waals surface area (Å²) in [5.74, 6) is 0.582. The van der Waals surface area contributed by atoms with Crippen molar-refractivity contribution in [1.29, 1.82) is 0 Å². The summed E-state index contributed by atoms with van der Waals surface area (Å²) in [7, 11) is 0. The Hall–Kier alpha value is -0.300. The Labute approximate surface area is 107 Å². The second-order valence-electron chi connectivity index (χ2n) is 5.50. The quantitative estimate of drug-likeness (QED) is 0.648. The first-order chi connectivity index (χ1) is 8.43. The molecule has 0 unspecified atom stereocenters. The van der Waals surface area contributed by atoms with E-state index in [1.165, 1.54) is 77.0 Å². The van der Waals surface area contributed by atoms with Crippen LogP contribution in [0.4, 0.5) is 0 Å². The van der Waals surface area contributed by atoms with Gasteiger partial charge in [0, 0.05) is 6.61 Å². The summed E-state index contributed by atoms with van der Waals surface area (Å²) in [4.78, 5) is 0. The maximum atomic E-state index is 9.33. The lowest BCUT2D eigenvalue weighted by atomic mass is 9.95. The molecule has 0 heterocycles. The van der Waals surface area contributed by atoms with Gasteiger partial charge in [-0.25, -0.2) is 0 Å². The van der Waals surface area contributed by atoms with E-state index in [2.05, 4.69) is 12.2 Å². The molecule has 0 saturated carbocycles. The van der Waals surface area contributed by atoms with Crippen LogP contribution in [0.15, 0.2) is 12.2 Å². The highest BCUT2D eigenvalue weighted by molar-refractivity contribution is 4.81. The minimum Gasteiger partial charge on any atom is -0.396 e. The molecule has 0 atom stereocenters. The summed E-state index contributed by atoms with van der Waals surface area (Å²) >= 11 is 0. The molecule has 1 N–H and O–H groups in total. The van der Waals surface area contributed by atoms with Crippen molar-refractivity contribution in [2.45, 2.75) is 77.0 Å². The molecule has 1 nitrogen and oxygen atoms in total. The van der Waals surface area contributed by atoms with E-state index < -0.39 is 0 Å². The predicted octanol–water partition coefficient (Wildman–Crippen LogP) is 4.85. The fourth-order valence-corrected chi connectivity index (χ4v) is 2.66. The van der Waals surface area contributed by atoms with E-state index in [0.717, 1.165) is 0 Å². The molecule has 0 aliphatic heterocycles. The smallest absolute Gasteiger partial charge is 0.0459 e. The van der Waals surface area contributed by atoms with Gasteiger partial charge in [0.1, 0.15) is 0 Å². The Morgan fingerprint density at radius 3 is 1.65 bits per heavy atom. The number of hydrogen-bond donors (Lipinski definition) is 1. The van der Waals surface area contributed by atoms with Gasteiger partial charge in [-0.15, -0.1) is 0 Å². The molecule has 0 aromatic carbocycles. The SMILES string of the molecule is OCC1CCCCCC/C=C\CCCCCC1. The van der Waals surface area contributed by atoms with Gasteiger partial charge in [0.05, 0.1) is 0 Å². The molecule has 0 bridgehead atoms. The van der Waals surface area contributed by atoms with Crippen LogP contribution in [0.3, 0.4) is 0 Å². The van der Waals surface area contributed by atoms with Crippen LogP contribution in [-0.2, 0) is 0 Å². The van der Waals surface area contributed by atoms with Crippen LogP contribution in [-0.4, -0.2) is 11.7 Å².